The van der Waals surface area contributed by atoms with Gasteiger partial charge < -0.3 is 15.0 Å². The Bertz CT molecular complexity index is 1150. The number of nitrogens with zero attached hydrogens (tertiary/aromatic N) is 2. The van der Waals surface area contributed by atoms with Gasteiger partial charge in [-0.25, -0.2) is 8.42 Å². The van der Waals surface area contributed by atoms with Crippen LogP contribution in [-0.4, -0.2) is 68.8 Å². The number of ether oxygens (including phenoxy) is 1. The Kier molecular flexibility index (Phi) is 7.35. The van der Waals surface area contributed by atoms with Crippen molar-refractivity contribution in [3.8, 4) is 0 Å². The van der Waals surface area contributed by atoms with E-state index in [9.17, 15) is 18.0 Å². The number of nitrogens with one attached hydrogen (secondary N) is 1. The quantitative estimate of drug-likeness (QED) is 0.702. The first-order valence-corrected chi connectivity index (χ1v) is 13.1. The van der Waals surface area contributed by atoms with Crippen LogP contribution in [0.5, 0.6) is 0 Å². The molecule has 2 saturated heterocycles. The van der Waals surface area contributed by atoms with Gasteiger partial charge in [-0.2, -0.15) is 4.31 Å². The normalized spacial score (nSPS) is 21.8. The number of carbonyl (C=O) groups is 2. The SMILES string of the molecule is CC1CC(C)CN(C(=O)c2ccccc2NC(=O)c2cccc(S(=O)(=O)N3CCOCC3)c2)C1. The summed E-state index contributed by atoms with van der Waals surface area (Å²) in [4.78, 5) is 28.2. The number of sulfonamides is 1. The number of carbonyl (C=O) groups excluding carboxylic acids is 2. The zero-order valence-corrected chi connectivity index (χ0v) is 20.4. The fourth-order valence-electron chi connectivity index (χ4n) is 4.71. The van der Waals surface area contributed by atoms with Crippen LogP contribution in [0, 0.1) is 11.8 Å². The topological polar surface area (TPSA) is 96.0 Å². The number of piperidine rings is 1. The van der Waals surface area contributed by atoms with Crippen molar-refractivity contribution in [2.45, 2.75) is 25.2 Å². The lowest BCUT2D eigenvalue weighted by Crippen LogP contribution is -2.42. The molecule has 2 aromatic carbocycles. The highest BCUT2D eigenvalue weighted by atomic mass is 32.2. The van der Waals surface area contributed by atoms with Crippen LogP contribution in [0.3, 0.4) is 0 Å². The second-order valence-electron chi connectivity index (χ2n) is 9.20. The average molecular weight is 486 g/mol. The van der Waals surface area contributed by atoms with Crippen molar-refractivity contribution in [3.63, 3.8) is 0 Å². The Labute approximate surface area is 200 Å². The van der Waals surface area contributed by atoms with E-state index in [1.54, 1.807) is 36.4 Å². The summed E-state index contributed by atoms with van der Waals surface area (Å²) < 4.78 is 32.6. The number of benzene rings is 2. The van der Waals surface area contributed by atoms with Gasteiger partial charge in [-0.1, -0.05) is 32.0 Å². The first-order valence-electron chi connectivity index (χ1n) is 11.6. The maximum atomic E-state index is 13.3. The molecule has 2 atom stereocenters. The number of para-hydroxylation sites is 1. The molecule has 0 bridgehead atoms. The number of hydrogen-bond acceptors (Lipinski definition) is 5. The van der Waals surface area contributed by atoms with Crippen molar-refractivity contribution in [2.75, 3.05) is 44.7 Å². The Morgan fingerprint density at radius 1 is 0.971 bits per heavy atom. The Morgan fingerprint density at radius 2 is 1.65 bits per heavy atom. The van der Waals surface area contributed by atoms with Crippen LogP contribution in [0.1, 0.15) is 41.0 Å². The lowest BCUT2D eigenvalue weighted by Gasteiger charge is -2.35. The van der Waals surface area contributed by atoms with Gasteiger partial charge in [0.15, 0.2) is 0 Å². The molecule has 2 unspecified atom stereocenters. The standard InChI is InChI=1S/C25H31N3O5S/c1-18-14-19(2)17-27(16-18)25(30)22-8-3-4-9-23(22)26-24(29)20-6-5-7-21(15-20)34(31,32)28-10-12-33-13-11-28/h3-9,15,18-19H,10-14,16-17H2,1-2H3,(H,26,29). The van der Waals surface area contributed by atoms with Gasteiger partial charge >= 0.3 is 0 Å². The zero-order chi connectivity index (χ0) is 24.3. The van der Waals surface area contributed by atoms with Crippen molar-refractivity contribution in [2.24, 2.45) is 11.8 Å². The third-order valence-corrected chi connectivity index (χ3v) is 8.16. The largest absolute Gasteiger partial charge is 0.379 e. The van der Waals surface area contributed by atoms with E-state index in [0.29, 0.717) is 49.4 Å². The van der Waals surface area contributed by atoms with Gasteiger partial charge in [0, 0.05) is 31.7 Å². The molecule has 1 N–H and O–H groups in total. The summed E-state index contributed by atoms with van der Waals surface area (Å²) in [5, 5.41) is 2.81. The molecule has 9 heteroatoms. The Hall–Kier alpha value is -2.75. The van der Waals surface area contributed by atoms with E-state index in [-0.39, 0.29) is 29.5 Å². The zero-order valence-electron chi connectivity index (χ0n) is 19.6. The van der Waals surface area contributed by atoms with Crippen LogP contribution in [0.15, 0.2) is 53.4 Å². The second-order valence-corrected chi connectivity index (χ2v) is 11.1. The van der Waals surface area contributed by atoms with E-state index in [0.717, 1.165) is 6.42 Å². The van der Waals surface area contributed by atoms with Gasteiger partial charge in [0.05, 0.1) is 29.4 Å². The van der Waals surface area contributed by atoms with Gasteiger partial charge in [0.25, 0.3) is 11.8 Å². The van der Waals surface area contributed by atoms with Crippen LogP contribution in [0.25, 0.3) is 0 Å². The molecule has 0 saturated carbocycles. The molecule has 0 radical (unpaired) electrons. The number of likely N-dealkylation sites (tertiary alicyclic amines) is 1. The van der Waals surface area contributed by atoms with E-state index < -0.39 is 15.9 Å². The summed E-state index contributed by atoms with van der Waals surface area (Å²) in [5.41, 5.74) is 1.04. The first kappa shape index (κ1) is 24.4. The van der Waals surface area contributed by atoms with Crippen molar-refractivity contribution in [1.29, 1.82) is 0 Å². The second kappa shape index (κ2) is 10.2. The first-order chi connectivity index (χ1) is 16.3. The lowest BCUT2D eigenvalue weighted by atomic mass is 9.91. The number of amides is 2. The molecule has 0 aliphatic carbocycles. The van der Waals surface area contributed by atoms with E-state index in [1.165, 1.54) is 16.4 Å². The van der Waals surface area contributed by atoms with Crippen molar-refractivity contribution in [3.05, 3.63) is 59.7 Å². The predicted molar refractivity (Wildman–Crippen MR) is 129 cm³/mol. The number of anilines is 1. The van der Waals surface area contributed by atoms with Crippen LogP contribution in [0.4, 0.5) is 5.69 Å². The maximum absolute atomic E-state index is 13.3. The van der Waals surface area contributed by atoms with Crippen molar-refractivity contribution in [1.82, 2.24) is 9.21 Å². The summed E-state index contributed by atoms with van der Waals surface area (Å²) in [6.45, 7) is 6.91. The van der Waals surface area contributed by atoms with E-state index in [4.69, 9.17) is 4.74 Å². The monoisotopic (exact) mass is 485 g/mol. The summed E-state index contributed by atoms with van der Waals surface area (Å²) in [6, 6.07) is 12.9. The van der Waals surface area contributed by atoms with Gasteiger partial charge in [-0.05, 0) is 48.6 Å². The summed E-state index contributed by atoms with van der Waals surface area (Å²) in [5.74, 6) is 0.258. The molecule has 2 fully saturated rings. The van der Waals surface area contributed by atoms with Crippen LogP contribution >= 0.6 is 0 Å². The molecule has 34 heavy (non-hydrogen) atoms. The summed E-state index contributed by atoms with van der Waals surface area (Å²) >= 11 is 0. The minimum atomic E-state index is -3.72. The van der Waals surface area contributed by atoms with E-state index >= 15 is 0 Å². The molecule has 2 heterocycles. The summed E-state index contributed by atoms with van der Waals surface area (Å²) in [6.07, 6.45) is 1.09. The van der Waals surface area contributed by atoms with E-state index in [2.05, 4.69) is 19.2 Å². The van der Waals surface area contributed by atoms with Gasteiger partial charge in [-0.3, -0.25) is 9.59 Å². The lowest BCUT2D eigenvalue weighted by molar-refractivity contribution is 0.0624. The molecule has 2 aromatic rings. The maximum Gasteiger partial charge on any atom is 0.255 e. The van der Waals surface area contributed by atoms with E-state index in [1.807, 2.05) is 4.90 Å². The average Bonchev–Trinajstić information content (AvgIpc) is 2.84. The predicted octanol–water partition coefficient (Wildman–Crippen LogP) is 3.08. The van der Waals surface area contributed by atoms with Crippen LogP contribution in [-0.2, 0) is 14.8 Å². The minimum Gasteiger partial charge on any atom is -0.379 e. The molecule has 0 spiro atoms. The third kappa shape index (κ3) is 5.32. The molecule has 182 valence electrons. The Morgan fingerprint density at radius 3 is 2.35 bits per heavy atom. The van der Waals surface area contributed by atoms with Crippen LogP contribution in [0.2, 0.25) is 0 Å². The molecule has 2 amide bonds. The molecular weight excluding hydrogens is 454 g/mol. The highest BCUT2D eigenvalue weighted by Crippen LogP contribution is 2.26. The van der Waals surface area contributed by atoms with Gasteiger partial charge in [-0.15, -0.1) is 0 Å². The van der Waals surface area contributed by atoms with Crippen molar-refractivity contribution >= 4 is 27.5 Å². The smallest absolute Gasteiger partial charge is 0.255 e. The fraction of sp³-hybridized carbons (Fsp3) is 0.440. The molecule has 0 aromatic heterocycles. The molecule has 2 aliphatic heterocycles. The number of rotatable bonds is 5. The number of hydrogen-bond donors (Lipinski definition) is 1. The third-order valence-electron chi connectivity index (χ3n) is 6.27. The highest BCUT2D eigenvalue weighted by molar-refractivity contribution is 7.89. The Balaban J connectivity index is 1.54. The van der Waals surface area contributed by atoms with Gasteiger partial charge in [0.2, 0.25) is 10.0 Å². The number of morpholine rings is 1. The molecule has 8 nitrogen and oxygen atoms in total. The molecule has 2 aliphatic rings. The van der Waals surface area contributed by atoms with Crippen LogP contribution < -0.4 is 5.32 Å². The molecular formula is C25H31N3O5S. The molecule has 4 rings (SSSR count). The highest BCUT2D eigenvalue weighted by Gasteiger charge is 2.29. The van der Waals surface area contributed by atoms with Gasteiger partial charge in [0.1, 0.15) is 0 Å². The minimum absolute atomic E-state index is 0.0581. The summed E-state index contributed by atoms with van der Waals surface area (Å²) in [7, 11) is -3.72. The fourth-order valence-corrected chi connectivity index (χ4v) is 6.16. The van der Waals surface area contributed by atoms with Crippen molar-refractivity contribution < 1.29 is 22.7 Å².